The zero-order valence-corrected chi connectivity index (χ0v) is 25.4. The third-order valence-corrected chi connectivity index (χ3v) is 11.1. The summed E-state index contributed by atoms with van der Waals surface area (Å²) in [6.45, 7) is 4.09. The van der Waals surface area contributed by atoms with E-state index in [9.17, 15) is 26.4 Å². The van der Waals surface area contributed by atoms with Gasteiger partial charge in [0.15, 0.2) is 27.0 Å². The Morgan fingerprint density at radius 2 is 1.93 bits per heavy atom. The van der Waals surface area contributed by atoms with E-state index in [0.717, 1.165) is 0 Å². The molecule has 5 heterocycles. The van der Waals surface area contributed by atoms with Crippen molar-refractivity contribution < 1.29 is 39.9 Å². The van der Waals surface area contributed by atoms with Crippen LogP contribution in [0.5, 0.6) is 5.88 Å². The number of benzene rings is 1. The second-order valence-corrected chi connectivity index (χ2v) is 15.1. The third-order valence-electron chi connectivity index (χ3n) is 8.35. The highest BCUT2D eigenvalue weighted by molar-refractivity contribution is 7.92. The number of ketones is 1. The zero-order chi connectivity index (χ0) is 31.8. The van der Waals surface area contributed by atoms with Gasteiger partial charge in [-0.05, 0) is 45.4 Å². The number of sulfone groups is 1. The van der Waals surface area contributed by atoms with E-state index < -0.39 is 50.2 Å². The topological polar surface area (TPSA) is 115 Å². The van der Waals surface area contributed by atoms with Crippen molar-refractivity contribution in [3.8, 4) is 5.88 Å². The fraction of sp³-hybridized carbons (Fsp3) is 0.448. The SMILES string of the molecule is CC(=O)[C@@H]1C[C@H](Oc2ncc(Cl)cc2[C@]2(F)CCS(=O)(=O)C(C)(C)C2)CN1c1nc(C(F)(F)F)nc2c1oc1ccccc12. The van der Waals surface area contributed by atoms with Crippen LogP contribution in [-0.2, 0) is 26.5 Å². The standard InChI is InChI=1S/C29H27ClF4N4O5S/c1-15(39)20-11-17(42-25-19(10-16(30)12-35-25)28(31)8-9-44(40,41)27(2,3)14-28)13-38(20)24-23-22(36-26(37-24)29(32,33)34)18-6-4-5-7-21(18)43-23/h4-7,10,12,17,20H,8-9,11,13-14H2,1-3H3/t17-,20-,28-/m0/s1. The molecule has 44 heavy (non-hydrogen) atoms. The molecule has 9 nitrogen and oxygen atoms in total. The van der Waals surface area contributed by atoms with Gasteiger partial charge in [-0.25, -0.2) is 27.8 Å². The first-order valence-electron chi connectivity index (χ1n) is 13.8. The summed E-state index contributed by atoms with van der Waals surface area (Å²) in [5, 5.41) is 0.460. The number of ether oxygens (including phenoxy) is 1. The molecule has 0 aliphatic carbocycles. The molecule has 2 aliphatic heterocycles. The van der Waals surface area contributed by atoms with Crippen molar-refractivity contribution in [2.75, 3.05) is 17.2 Å². The van der Waals surface area contributed by atoms with Crippen molar-refractivity contribution in [2.24, 2.45) is 0 Å². The molecule has 4 aromatic rings. The van der Waals surface area contributed by atoms with Gasteiger partial charge in [0.25, 0.3) is 0 Å². The number of carbonyl (C=O) groups is 1. The Bertz CT molecular complexity index is 1920. The Morgan fingerprint density at radius 1 is 1.20 bits per heavy atom. The van der Waals surface area contributed by atoms with E-state index in [0.29, 0.717) is 11.0 Å². The molecular formula is C29H27ClF4N4O5S. The lowest BCUT2D eigenvalue weighted by molar-refractivity contribution is -0.144. The Morgan fingerprint density at radius 3 is 2.61 bits per heavy atom. The van der Waals surface area contributed by atoms with E-state index in [4.69, 9.17) is 20.8 Å². The van der Waals surface area contributed by atoms with Gasteiger partial charge in [-0.2, -0.15) is 13.2 Å². The lowest BCUT2D eigenvalue weighted by Gasteiger charge is -2.39. The lowest BCUT2D eigenvalue weighted by Crippen LogP contribution is -2.47. The molecule has 2 saturated heterocycles. The number of furan rings is 1. The lowest BCUT2D eigenvalue weighted by atomic mass is 9.84. The number of para-hydroxylation sites is 1. The first-order chi connectivity index (χ1) is 20.5. The molecule has 234 valence electrons. The van der Waals surface area contributed by atoms with Crippen LogP contribution in [0.15, 0.2) is 40.9 Å². The molecule has 0 unspecified atom stereocenters. The maximum absolute atomic E-state index is 16.6. The van der Waals surface area contributed by atoms with Crippen LogP contribution < -0.4 is 9.64 Å². The molecule has 2 aliphatic rings. The van der Waals surface area contributed by atoms with Crippen LogP contribution in [0.4, 0.5) is 23.4 Å². The van der Waals surface area contributed by atoms with Gasteiger partial charge < -0.3 is 14.1 Å². The molecule has 0 bridgehead atoms. The molecule has 0 saturated carbocycles. The Labute approximate surface area is 254 Å². The van der Waals surface area contributed by atoms with Crippen LogP contribution in [-0.4, -0.2) is 58.3 Å². The van der Waals surface area contributed by atoms with Crippen molar-refractivity contribution in [3.63, 3.8) is 0 Å². The highest BCUT2D eigenvalue weighted by Gasteiger charge is 2.52. The molecular weight excluding hydrogens is 628 g/mol. The third kappa shape index (κ3) is 5.15. The normalized spacial score (nSPS) is 25.0. The summed E-state index contributed by atoms with van der Waals surface area (Å²) in [6.07, 6.45) is -5.16. The molecule has 0 amide bonds. The largest absolute Gasteiger partial charge is 0.472 e. The highest BCUT2D eigenvalue weighted by Crippen LogP contribution is 2.49. The molecule has 3 atom stereocenters. The first kappa shape index (κ1) is 30.5. The van der Waals surface area contributed by atoms with Gasteiger partial charge in [0.05, 0.1) is 33.7 Å². The molecule has 6 rings (SSSR count). The molecule has 0 spiro atoms. The molecule has 15 heteroatoms. The van der Waals surface area contributed by atoms with Crippen LogP contribution >= 0.6 is 11.6 Å². The maximum Gasteiger partial charge on any atom is 0.451 e. The quantitative estimate of drug-likeness (QED) is 0.232. The number of halogens is 5. The van der Waals surface area contributed by atoms with Gasteiger partial charge in [-0.3, -0.25) is 4.79 Å². The molecule has 0 N–H and O–H groups in total. The minimum atomic E-state index is -4.89. The van der Waals surface area contributed by atoms with E-state index >= 15 is 4.39 Å². The summed E-state index contributed by atoms with van der Waals surface area (Å²) in [7, 11) is -3.56. The monoisotopic (exact) mass is 654 g/mol. The number of anilines is 1. The van der Waals surface area contributed by atoms with Gasteiger partial charge in [0, 0.05) is 24.4 Å². The summed E-state index contributed by atoms with van der Waals surface area (Å²) in [5.41, 5.74) is -1.96. The zero-order valence-electron chi connectivity index (χ0n) is 23.8. The number of hydrogen-bond donors (Lipinski definition) is 0. The van der Waals surface area contributed by atoms with Gasteiger partial charge >= 0.3 is 6.18 Å². The number of aromatic nitrogens is 3. The number of pyridine rings is 1. The van der Waals surface area contributed by atoms with E-state index in [1.807, 2.05) is 0 Å². The van der Waals surface area contributed by atoms with Crippen LogP contribution in [0.1, 0.15) is 51.4 Å². The van der Waals surface area contributed by atoms with Gasteiger partial charge in [0.2, 0.25) is 11.7 Å². The van der Waals surface area contributed by atoms with E-state index in [1.54, 1.807) is 24.3 Å². The maximum atomic E-state index is 16.6. The minimum absolute atomic E-state index is 0.0192. The fourth-order valence-electron chi connectivity index (χ4n) is 6.08. The molecule has 0 radical (unpaired) electrons. The number of Topliss-reactive ketones (excluding diaryl/α,β-unsaturated/α-hetero) is 1. The Hall–Kier alpha value is -3.52. The summed E-state index contributed by atoms with van der Waals surface area (Å²) >= 11 is 6.18. The Balaban J connectivity index is 1.39. The van der Waals surface area contributed by atoms with E-state index in [1.165, 1.54) is 37.9 Å². The number of rotatable bonds is 5. The van der Waals surface area contributed by atoms with E-state index in [-0.39, 0.29) is 65.0 Å². The smallest absolute Gasteiger partial charge is 0.451 e. The number of hydrogen-bond acceptors (Lipinski definition) is 9. The predicted octanol–water partition coefficient (Wildman–Crippen LogP) is 6.21. The van der Waals surface area contributed by atoms with Gasteiger partial charge in [-0.15, -0.1) is 0 Å². The van der Waals surface area contributed by atoms with Crippen molar-refractivity contribution in [3.05, 3.63) is 52.9 Å². The van der Waals surface area contributed by atoms with Crippen LogP contribution in [0.25, 0.3) is 22.1 Å². The van der Waals surface area contributed by atoms with Crippen LogP contribution in [0.3, 0.4) is 0 Å². The minimum Gasteiger partial charge on any atom is -0.472 e. The van der Waals surface area contributed by atoms with Crippen molar-refractivity contribution in [1.82, 2.24) is 15.0 Å². The average molecular weight is 655 g/mol. The fourth-order valence-corrected chi connectivity index (χ4v) is 7.83. The molecule has 1 aromatic carbocycles. The van der Waals surface area contributed by atoms with Gasteiger partial charge in [0.1, 0.15) is 22.9 Å². The number of fused-ring (bicyclic) bond motifs is 3. The summed E-state index contributed by atoms with van der Waals surface area (Å²) < 4.78 is 94.3. The molecule has 3 aromatic heterocycles. The number of carbonyl (C=O) groups excluding carboxylic acids is 1. The summed E-state index contributed by atoms with van der Waals surface area (Å²) in [4.78, 5) is 25.9. The predicted molar refractivity (Wildman–Crippen MR) is 154 cm³/mol. The van der Waals surface area contributed by atoms with Crippen molar-refractivity contribution in [2.45, 2.75) is 68.8 Å². The van der Waals surface area contributed by atoms with Crippen LogP contribution in [0.2, 0.25) is 5.02 Å². The van der Waals surface area contributed by atoms with Crippen molar-refractivity contribution >= 4 is 55.1 Å². The second-order valence-electron chi connectivity index (χ2n) is 11.9. The van der Waals surface area contributed by atoms with E-state index in [2.05, 4.69) is 15.0 Å². The first-order valence-corrected chi connectivity index (χ1v) is 15.8. The summed E-state index contributed by atoms with van der Waals surface area (Å²) in [5.74, 6) is -2.52. The van der Waals surface area contributed by atoms with Gasteiger partial charge in [-0.1, -0.05) is 23.7 Å². The molecule has 2 fully saturated rings. The van der Waals surface area contributed by atoms with Crippen LogP contribution in [0, 0.1) is 0 Å². The number of nitrogens with zero attached hydrogens (tertiary/aromatic N) is 4. The van der Waals surface area contributed by atoms with Crippen molar-refractivity contribution in [1.29, 1.82) is 0 Å². The Kier molecular flexibility index (Phi) is 7.11. The highest BCUT2D eigenvalue weighted by atomic mass is 35.5. The second kappa shape index (κ2) is 10.3. The average Bonchev–Trinajstić information content (AvgIpc) is 3.53. The number of alkyl halides is 4. The summed E-state index contributed by atoms with van der Waals surface area (Å²) in [6, 6.07) is 6.85.